The van der Waals surface area contributed by atoms with E-state index in [1.165, 1.54) is 0 Å². The van der Waals surface area contributed by atoms with Gasteiger partial charge in [0.05, 0.1) is 6.67 Å². The van der Waals surface area contributed by atoms with E-state index in [2.05, 4.69) is 6.92 Å². The minimum Gasteiger partial charge on any atom is -0.381 e. The van der Waals surface area contributed by atoms with Crippen LogP contribution in [0, 0.1) is 0 Å². The Morgan fingerprint density at radius 2 is 2.09 bits per heavy atom. The van der Waals surface area contributed by atoms with E-state index in [0.29, 0.717) is 5.75 Å². The molecule has 11 heavy (non-hydrogen) atoms. The molecule has 0 aliphatic heterocycles. The maximum atomic E-state index is 11.6. The Morgan fingerprint density at radius 1 is 1.27 bits per heavy atom. The highest BCUT2D eigenvalue weighted by atomic mass is 32.2. The summed E-state index contributed by atoms with van der Waals surface area (Å²) in [6.07, 6.45) is 2.13. The third kappa shape index (κ3) is 10.2. The van der Waals surface area contributed by atoms with E-state index in [9.17, 15) is 4.39 Å². The fourth-order valence-electron chi connectivity index (χ4n) is 0.666. The maximum absolute atomic E-state index is 11.6. The molecule has 0 aliphatic rings. The highest BCUT2D eigenvalue weighted by Gasteiger charge is 1.89. The van der Waals surface area contributed by atoms with E-state index < -0.39 is 0 Å². The van der Waals surface area contributed by atoms with E-state index in [0.717, 1.165) is 31.8 Å². The van der Waals surface area contributed by atoms with Crippen molar-refractivity contribution < 1.29 is 9.13 Å². The summed E-state index contributed by atoms with van der Waals surface area (Å²) in [6.45, 7) is 3.57. The molecule has 0 aliphatic carbocycles. The van der Waals surface area contributed by atoms with Gasteiger partial charge in [-0.3, -0.25) is 4.39 Å². The second-order valence-electron chi connectivity index (χ2n) is 2.27. The first-order chi connectivity index (χ1) is 5.41. The van der Waals surface area contributed by atoms with Crippen LogP contribution in [0.4, 0.5) is 4.39 Å². The van der Waals surface area contributed by atoms with Gasteiger partial charge in [-0.05, 0) is 18.6 Å². The van der Waals surface area contributed by atoms with Gasteiger partial charge in [0, 0.05) is 19.0 Å². The lowest BCUT2D eigenvalue weighted by atomic mass is 10.5. The number of thioether (sulfide) groups is 1. The monoisotopic (exact) mass is 180 g/mol. The summed E-state index contributed by atoms with van der Waals surface area (Å²) in [5, 5.41) is 0. The zero-order valence-electron chi connectivity index (χ0n) is 7.14. The summed E-state index contributed by atoms with van der Waals surface area (Å²) >= 11 is 1.66. The van der Waals surface area contributed by atoms with Crippen molar-refractivity contribution in [1.82, 2.24) is 0 Å². The van der Waals surface area contributed by atoms with Gasteiger partial charge in [-0.25, -0.2) is 0 Å². The summed E-state index contributed by atoms with van der Waals surface area (Å²) in [5.41, 5.74) is 0. The van der Waals surface area contributed by atoms with Crippen molar-refractivity contribution in [3.05, 3.63) is 0 Å². The molecule has 0 fully saturated rings. The minimum absolute atomic E-state index is 0.208. The molecule has 0 N–H and O–H groups in total. The van der Waals surface area contributed by atoms with Gasteiger partial charge >= 0.3 is 0 Å². The number of hydrogen-bond acceptors (Lipinski definition) is 2. The molecule has 0 atom stereocenters. The van der Waals surface area contributed by atoms with E-state index in [1.54, 1.807) is 11.8 Å². The van der Waals surface area contributed by atoms with Crippen LogP contribution >= 0.6 is 11.8 Å². The van der Waals surface area contributed by atoms with Gasteiger partial charge in [0.15, 0.2) is 0 Å². The van der Waals surface area contributed by atoms with E-state index in [1.807, 2.05) is 0 Å². The molecule has 68 valence electrons. The molecular weight excluding hydrogens is 163 g/mol. The molecule has 0 bridgehead atoms. The Hall–Kier alpha value is 0.240. The molecule has 0 saturated heterocycles. The van der Waals surface area contributed by atoms with Crippen LogP contribution in [-0.2, 0) is 4.74 Å². The Kier molecular flexibility index (Phi) is 10.5. The predicted molar refractivity (Wildman–Crippen MR) is 49.0 cm³/mol. The summed E-state index contributed by atoms with van der Waals surface area (Å²) < 4.78 is 16.8. The van der Waals surface area contributed by atoms with Gasteiger partial charge in [-0.2, -0.15) is 11.8 Å². The van der Waals surface area contributed by atoms with Crippen LogP contribution < -0.4 is 0 Å². The lowest BCUT2D eigenvalue weighted by Crippen LogP contribution is -1.97. The standard InChI is InChI=1S/C8H17FOS/c1-2-5-10-6-3-7-11-8-4-9/h2-8H2,1H3. The van der Waals surface area contributed by atoms with Gasteiger partial charge in [0.25, 0.3) is 0 Å². The molecular formula is C8H17FOS. The van der Waals surface area contributed by atoms with Crippen molar-refractivity contribution in [3.8, 4) is 0 Å². The second-order valence-corrected chi connectivity index (χ2v) is 3.49. The topological polar surface area (TPSA) is 9.23 Å². The lowest BCUT2D eigenvalue weighted by Gasteiger charge is -2.00. The van der Waals surface area contributed by atoms with Crippen molar-refractivity contribution in [2.45, 2.75) is 19.8 Å². The highest BCUT2D eigenvalue weighted by molar-refractivity contribution is 7.99. The molecule has 0 aromatic rings. The Labute approximate surface area is 72.7 Å². The first-order valence-corrected chi connectivity index (χ1v) is 5.28. The molecule has 0 aromatic heterocycles. The number of hydrogen-bond donors (Lipinski definition) is 0. The van der Waals surface area contributed by atoms with Crippen LogP contribution in [0.5, 0.6) is 0 Å². The number of rotatable bonds is 8. The van der Waals surface area contributed by atoms with Crippen molar-refractivity contribution in [3.63, 3.8) is 0 Å². The normalized spacial score (nSPS) is 10.4. The highest BCUT2D eigenvalue weighted by Crippen LogP contribution is 2.01. The summed E-state index contributed by atoms with van der Waals surface area (Å²) in [7, 11) is 0. The van der Waals surface area contributed by atoms with Crippen LogP contribution in [0.2, 0.25) is 0 Å². The van der Waals surface area contributed by atoms with Crippen molar-refractivity contribution in [2.24, 2.45) is 0 Å². The molecule has 0 spiro atoms. The molecule has 3 heteroatoms. The average molecular weight is 180 g/mol. The van der Waals surface area contributed by atoms with Crippen molar-refractivity contribution in [1.29, 1.82) is 0 Å². The van der Waals surface area contributed by atoms with Crippen LogP contribution in [0.1, 0.15) is 19.8 Å². The molecule has 0 rings (SSSR count). The predicted octanol–water partition coefficient (Wildman–Crippen LogP) is 2.51. The molecule has 0 unspecified atom stereocenters. The summed E-state index contributed by atoms with van der Waals surface area (Å²) in [5.74, 6) is 1.65. The van der Waals surface area contributed by atoms with E-state index in [4.69, 9.17) is 4.74 Å². The Bertz CT molecular complexity index is 63.1. The first-order valence-electron chi connectivity index (χ1n) is 4.13. The van der Waals surface area contributed by atoms with E-state index >= 15 is 0 Å². The molecule has 0 amide bonds. The SMILES string of the molecule is CCCOCCCSCCF. The quantitative estimate of drug-likeness (QED) is 0.531. The zero-order chi connectivity index (χ0) is 8.36. The van der Waals surface area contributed by atoms with Gasteiger partial charge in [0.2, 0.25) is 0 Å². The molecule has 1 nitrogen and oxygen atoms in total. The van der Waals surface area contributed by atoms with Gasteiger partial charge in [0.1, 0.15) is 0 Å². The van der Waals surface area contributed by atoms with E-state index in [-0.39, 0.29) is 6.67 Å². The Morgan fingerprint density at radius 3 is 2.73 bits per heavy atom. The smallest absolute Gasteiger partial charge is 0.0984 e. The third-order valence-corrected chi connectivity index (χ3v) is 2.17. The molecule has 0 saturated carbocycles. The van der Waals surface area contributed by atoms with Gasteiger partial charge in [-0.15, -0.1) is 0 Å². The average Bonchev–Trinajstić information content (AvgIpc) is 2.03. The van der Waals surface area contributed by atoms with Crippen LogP contribution in [0.15, 0.2) is 0 Å². The maximum Gasteiger partial charge on any atom is 0.0984 e. The minimum atomic E-state index is -0.208. The van der Waals surface area contributed by atoms with Gasteiger partial charge in [-0.1, -0.05) is 6.92 Å². The largest absolute Gasteiger partial charge is 0.381 e. The van der Waals surface area contributed by atoms with Crippen LogP contribution in [-0.4, -0.2) is 31.4 Å². The molecule has 0 radical (unpaired) electrons. The fourth-order valence-corrected chi connectivity index (χ4v) is 1.30. The molecule has 0 heterocycles. The summed E-state index contributed by atoms with van der Waals surface area (Å²) in [6, 6.07) is 0. The zero-order valence-corrected chi connectivity index (χ0v) is 7.96. The Balaban J connectivity index is 2.69. The lowest BCUT2D eigenvalue weighted by molar-refractivity contribution is 0.136. The third-order valence-electron chi connectivity index (χ3n) is 1.15. The number of halogens is 1. The number of ether oxygens (including phenoxy) is 1. The molecule has 0 aromatic carbocycles. The van der Waals surface area contributed by atoms with Crippen molar-refractivity contribution >= 4 is 11.8 Å². The summed E-state index contributed by atoms with van der Waals surface area (Å²) in [4.78, 5) is 0. The second kappa shape index (κ2) is 10.2. The van der Waals surface area contributed by atoms with Crippen molar-refractivity contribution in [2.75, 3.05) is 31.4 Å². The van der Waals surface area contributed by atoms with Crippen LogP contribution in [0.25, 0.3) is 0 Å². The first kappa shape index (κ1) is 11.2. The number of alkyl halides is 1. The van der Waals surface area contributed by atoms with Gasteiger partial charge < -0.3 is 4.74 Å². The fraction of sp³-hybridized carbons (Fsp3) is 1.00. The van der Waals surface area contributed by atoms with Crippen LogP contribution in [0.3, 0.4) is 0 Å².